The highest BCUT2D eigenvalue weighted by Crippen LogP contribution is 2.12. The van der Waals surface area contributed by atoms with Crippen molar-refractivity contribution in [2.24, 2.45) is 0 Å². The average Bonchev–Trinajstić information content (AvgIpc) is 2.56. The summed E-state index contributed by atoms with van der Waals surface area (Å²) in [5, 5.41) is 9.00. The lowest BCUT2D eigenvalue weighted by Crippen LogP contribution is -2.27. The van der Waals surface area contributed by atoms with Crippen molar-refractivity contribution in [1.29, 1.82) is 0 Å². The molecule has 0 fully saturated rings. The molecule has 142 valence electrons. The van der Waals surface area contributed by atoms with Crippen molar-refractivity contribution in [3.63, 3.8) is 0 Å². The molecule has 0 unspecified atom stereocenters. The van der Waals surface area contributed by atoms with Crippen molar-refractivity contribution in [1.82, 2.24) is 0 Å². The first kappa shape index (κ1) is 22.9. The second kappa shape index (κ2) is 16.7. The zero-order valence-electron chi connectivity index (χ0n) is 15.6. The maximum Gasteiger partial charge on any atom is 0.305 e. The number of rotatable bonds is 16. The molecule has 1 atom stereocenters. The van der Waals surface area contributed by atoms with Crippen LogP contribution >= 0.6 is 0 Å². The summed E-state index contributed by atoms with van der Waals surface area (Å²) < 4.78 is 9.81. The molecule has 0 aliphatic rings. The lowest BCUT2D eigenvalue weighted by molar-refractivity contribution is -0.159. The SMILES string of the molecule is CCCCCCCCCCCCCC(=O)OC[C@@H](CO)OC(C)=O. The zero-order valence-corrected chi connectivity index (χ0v) is 15.6. The largest absolute Gasteiger partial charge is 0.462 e. The maximum atomic E-state index is 11.6. The van der Waals surface area contributed by atoms with E-state index in [1.807, 2.05) is 0 Å². The molecule has 0 bridgehead atoms. The number of ether oxygens (including phenoxy) is 2. The van der Waals surface area contributed by atoms with Gasteiger partial charge in [-0.1, -0.05) is 71.1 Å². The lowest BCUT2D eigenvalue weighted by atomic mass is 10.1. The minimum atomic E-state index is -0.760. The Labute approximate surface area is 147 Å². The summed E-state index contributed by atoms with van der Waals surface area (Å²) in [6, 6.07) is 0. The predicted octanol–water partition coefficient (Wildman–Crippen LogP) is 4.15. The van der Waals surface area contributed by atoms with E-state index in [2.05, 4.69) is 6.92 Å². The van der Waals surface area contributed by atoms with Gasteiger partial charge in [0.1, 0.15) is 6.61 Å². The van der Waals surface area contributed by atoms with E-state index >= 15 is 0 Å². The van der Waals surface area contributed by atoms with Gasteiger partial charge in [0.15, 0.2) is 6.10 Å². The number of aliphatic hydroxyl groups excluding tert-OH is 1. The van der Waals surface area contributed by atoms with Gasteiger partial charge in [0, 0.05) is 13.3 Å². The number of hydrogen-bond acceptors (Lipinski definition) is 5. The van der Waals surface area contributed by atoms with Crippen molar-refractivity contribution in [3.05, 3.63) is 0 Å². The summed E-state index contributed by atoms with van der Waals surface area (Å²) in [4.78, 5) is 22.3. The standard InChI is InChI=1S/C19H36O5/c1-3-4-5-6-7-8-9-10-11-12-13-14-19(22)23-16-18(15-20)24-17(2)21/h18,20H,3-16H2,1-2H3/t18-/m1/s1. The van der Waals surface area contributed by atoms with Crippen molar-refractivity contribution >= 4 is 11.9 Å². The highest BCUT2D eigenvalue weighted by atomic mass is 16.6. The molecular formula is C19H36O5. The molecule has 1 N–H and O–H groups in total. The smallest absolute Gasteiger partial charge is 0.305 e. The van der Waals surface area contributed by atoms with E-state index in [-0.39, 0.29) is 19.2 Å². The van der Waals surface area contributed by atoms with Crippen molar-refractivity contribution in [2.75, 3.05) is 13.2 Å². The molecule has 0 heterocycles. The van der Waals surface area contributed by atoms with E-state index < -0.39 is 12.1 Å². The van der Waals surface area contributed by atoms with E-state index in [0.29, 0.717) is 6.42 Å². The molecule has 24 heavy (non-hydrogen) atoms. The highest BCUT2D eigenvalue weighted by Gasteiger charge is 2.13. The Morgan fingerprint density at radius 3 is 1.83 bits per heavy atom. The van der Waals surface area contributed by atoms with Crippen LogP contribution in [-0.2, 0) is 19.1 Å². The van der Waals surface area contributed by atoms with Crippen LogP contribution in [0.25, 0.3) is 0 Å². The summed E-state index contributed by atoms with van der Waals surface area (Å²) in [7, 11) is 0. The Bertz CT molecular complexity index is 317. The van der Waals surface area contributed by atoms with Gasteiger partial charge in [0.25, 0.3) is 0 Å². The van der Waals surface area contributed by atoms with Crippen LogP contribution < -0.4 is 0 Å². The molecule has 5 heteroatoms. The molecule has 5 nitrogen and oxygen atoms in total. The van der Waals surface area contributed by atoms with E-state index in [0.717, 1.165) is 19.3 Å². The van der Waals surface area contributed by atoms with Crippen molar-refractivity contribution in [3.8, 4) is 0 Å². The highest BCUT2D eigenvalue weighted by molar-refractivity contribution is 5.69. The summed E-state index contributed by atoms with van der Waals surface area (Å²) in [5.74, 6) is -0.785. The third-order valence-electron chi connectivity index (χ3n) is 3.95. The molecule has 0 aromatic carbocycles. The van der Waals surface area contributed by atoms with Gasteiger partial charge in [-0.15, -0.1) is 0 Å². The third-order valence-corrected chi connectivity index (χ3v) is 3.95. The quantitative estimate of drug-likeness (QED) is 0.336. The first-order valence-corrected chi connectivity index (χ1v) is 9.53. The van der Waals surface area contributed by atoms with Crippen LogP contribution in [0.1, 0.15) is 90.9 Å². The number of hydrogen-bond donors (Lipinski definition) is 1. The molecular weight excluding hydrogens is 308 g/mol. The summed E-state index contributed by atoms with van der Waals surface area (Å²) in [6.45, 7) is 3.08. The summed E-state index contributed by atoms with van der Waals surface area (Å²) in [5.41, 5.74) is 0. The van der Waals surface area contributed by atoms with Gasteiger partial charge in [0.05, 0.1) is 6.61 Å². The number of aliphatic hydroxyl groups is 1. The van der Waals surface area contributed by atoms with E-state index in [4.69, 9.17) is 14.6 Å². The van der Waals surface area contributed by atoms with Gasteiger partial charge in [-0.05, 0) is 6.42 Å². The van der Waals surface area contributed by atoms with Crippen LogP contribution in [0.5, 0.6) is 0 Å². The molecule has 0 aromatic rings. The number of esters is 2. The Morgan fingerprint density at radius 1 is 0.875 bits per heavy atom. The van der Waals surface area contributed by atoms with Crippen molar-refractivity contribution < 1.29 is 24.2 Å². The van der Waals surface area contributed by atoms with Gasteiger partial charge >= 0.3 is 11.9 Å². The monoisotopic (exact) mass is 344 g/mol. The Hall–Kier alpha value is -1.10. The number of unbranched alkanes of at least 4 members (excludes halogenated alkanes) is 10. The minimum absolute atomic E-state index is 0.0764. The van der Waals surface area contributed by atoms with Crippen LogP contribution in [0.4, 0.5) is 0 Å². The molecule has 0 aliphatic carbocycles. The van der Waals surface area contributed by atoms with Gasteiger partial charge < -0.3 is 14.6 Å². The molecule has 0 saturated heterocycles. The fourth-order valence-corrected chi connectivity index (χ4v) is 2.55. The van der Waals surface area contributed by atoms with E-state index in [1.165, 1.54) is 58.3 Å². The Morgan fingerprint density at radius 2 is 1.38 bits per heavy atom. The fourth-order valence-electron chi connectivity index (χ4n) is 2.55. The Kier molecular flexibility index (Phi) is 16.0. The maximum absolute atomic E-state index is 11.6. The second-order valence-electron chi connectivity index (χ2n) is 6.38. The van der Waals surface area contributed by atoms with E-state index in [9.17, 15) is 9.59 Å². The van der Waals surface area contributed by atoms with E-state index in [1.54, 1.807) is 0 Å². The topological polar surface area (TPSA) is 72.8 Å². The average molecular weight is 344 g/mol. The molecule has 0 rings (SSSR count). The molecule has 0 spiro atoms. The molecule has 0 amide bonds. The van der Waals surface area contributed by atoms with Gasteiger partial charge in [-0.3, -0.25) is 9.59 Å². The van der Waals surface area contributed by atoms with Crippen LogP contribution in [-0.4, -0.2) is 36.4 Å². The Balaban J connectivity index is 3.38. The summed E-state index contributed by atoms with van der Waals surface area (Å²) in [6.07, 6.45) is 13.2. The third kappa shape index (κ3) is 15.8. The summed E-state index contributed by atoms with van der Waals surface area (Å²) >= 11 is 0. The second-order valence-corrected chi connectivity index (χ2v) is 6.38. The minimum Gasteiger partial charge on any atom is -0.462 e. The number of carbonyl (C=O) groups is 2. The van der Waals surface area contributed by atoms with Gasteiger partial charge in [-0.2, -0.15) is 0 Å². The predicted molar refractivity (Wildman–Crippen MR) is 94.7 cm³/mol. The van der Waals surface area contributed by atoms with Crippen LogP contribution in [0.15, 0.2) is 0 Å². The van der Waals surface area contributed by atoms with Gasteiger partial charge in [0.2, 0.25) is 0 Å². The molecule has 0 radical (unpaired) electrons. The fraction of sp³-hybridized carbons (Fsp3) is 0.895. The molecule has 0 saturated carbocycles. The first-order valence-electron chi connectivity index (χ1n) is 9.53. The van der Waals surface area contributed by atoms with Crippen molar-refractivity contribution in [2.45, 2.75) is 97.0 Å². The molecule has 0 aromatic heterocycles. The van der Waals surface area contributed by atoms with Crippen LogP contribution in [0, 0.1) is 0 Å². The normalized spacial score (nSPS) is 12.0. The van der Waals surface area contributed by atoms with Crippen LogP contribution in [0.2, 0.25) is 0 Å². The first-order chi connectivity index (χ1) is 11.6. The number of carbonyl (C=O) groups excluding carboxylic acids is 2. The van der Waals surface area contributed by atoms with Crippen LogP contribution in [0.3, 0.4) is 0 Å². The zero-order chi connectivity index (χ0) is 18.0. The lowest BCUT2D eigenvalue weighted by Gasteiger charge is -2.14. The molecule has 0 aliphatic heterocycles. The van der Waals surface area contributed by atoms with Gasteiger partial charge in [-0.25, -0.2) is 0 Å².